The van der Waals surface area contributed by atoms with Gasteiger partial charge in [0.25, 0.3) is 0 Å². The summed E-state index contributed by atoms with van der Waals surface area (Å²) in [6.45, 7) is 3.58. The molecule has 0 aromatic carbocycles. The maximum absolute atomic E-state index is 11.7. The molecular weight excluding hydrogens is 258 g/mol. The van der Waals surface area contributed by atoms with Crippen LogP contribution in [0, 0.1) is 0 Å². The van der Waals surface area contributed by atoms with Crippen LogP contribution in [0.4, 0.5) is 4.79 Å². The van der Waals surface area contributed by atoms with Gasteiger partial charge in [-0.1, -0.05) is 0 Å². The van der Waals surface area contributed by atoms with E-state index < -0.39 is 6.09 Å². The van der Waals surface area contributed by atoms with E-state index in [1.807, 2.05) is 12.1 Å². The standard InChI is InChI=1S/C13H13N5O2/c1-9(2)20-13(19)18-8-10(7-15-18)11-3-4-12-14-5-6-17(12)16-11/h3-9H,1-2H3. The Labute approximate surface area is 114 Å². The summed E-state index contributed by atoms with van der Waals surface area (Å²) in [6, 6.07) is 3.68. The van der Waals surface area contributed by atoms with Crippen molar-refractivity contribution in [2.24, 2.45) is 0 Å². The average molecular weight is 271 g/mol. The molecule has 3 aromatic heterocycles. The molecule has 0 aliphatic rings. The number of carbonyl (C=O) groups is 1. The highest BCUT2D eigenvalue weighted by Crippen LogP contribution is 2.16. The predicted molar refractivity (Wildman–Crippen MR) is 71.2 cm³/mol. The van der Waals surface area contributed by atoms with Crippen molar-refractivity contribution >= 4 is 11.7 Å². The lowest BCUT2D eigenvalue weighted by Crippen LogP contribution is -2.18. The van der Waals surface area contributed by atoms with E-state index in [4.69, 9.17) is 4.74 Å². The van der Waals surface area contributed by atoms with Crippen LogP contribution in [0.25, 0.3) is 16.9 Å². The highest BCUT2D eigenvalue weighted by Gasteiger charge is 2.12. The Morgan fingerprint density at radius 3 is 3.00 bits per heavy atom. The molecule has 0 unspecified atom stereocenters. The largest absolute Gasteiger partial charge is 0.445 e. The van der Waals surface area contributed by atoms with Gasteiger partial charge in [0.05, 0.1) is 18.0 Å². The molecule has 3 heterocycles. The second-order valence-corrected chi connectivity index (χ2v) is 4.55. The van der Waals surface area contributed by atoms with Crippen LogP contribution in [0.1, 0.15) is 13.8 Å². The number of ether oxygens (including phenoxy) is 1. The highest BCUT2D eigenvalue weighted by atomic mass is 16.6. The van der Waals surface area contributed by atoms with Gasteiger partial charge in [-0.2, -0.15) is 14.9 Å². The fourth-order valence-corrected chi connectivity index (χ4v) is 1.78. The molecule has 3 aromatic rings. The lowest BCUT2D eigenvalue weighted by Gasteiger charge is -2.06. The van der Waals surface area contributed by atoms with Crippen molar-refractivity contribution in [1.29, 1.82) is 0 Å². The summed E-state index contributed by atoms with van der Waals surface area (Å²) in [6.07, 6.45) is 5.92. The fraction of sp³-hybridized carbons (Fsp3) is 0.231. The molecule has 0 aliphatic carbocycles. The molecule has 102 valence electrons. The highest BCUT2D eigenvalue weighted by molar-refractivity contribution is 5.71. The number of nitrogens with zero attached hydrogens (tertiary/aromatic N) is 5. The van der Waals surface area contributed by atoms with Crippen LogP contribution in [0.2, 0.25) is 0 Å². The first-order valence-electron chi connectivity index (χ1n) is 6.20. The van der Waals surface area contributed by atoms with E-state index in [0.717, 1.165) is 15.9 Å². The van der Waals surface area contributed by atoms with Gasteiger partial charge in [0, 0.05) is 24.2 Å². The van der Waals surface area contributed by atoms with E-state index in [1.165, 1.54) is 0 Å². The number of fused-ring (bicyclic) bond motifs is 1. The first-order chi connectivity index (χ1) is 9.63. The molecule has 0 N–H and O–H groups in total. The number of rotatable bonds is 2. The van der Waals surface area contributed by atoms with Gasteiger partial charge in [0.2, 0.25) is 0 Å². The van der Waals surface area contributed by atoms with E-state index in [1.54, 1.807) is 43.2 Å². The van der Waals surface area contributed by atoms with Crippen molar-refractivity contribution in [1.82, 2.24) is 24.4 Å². The SMILES string of the molecule is CC(C)OC(=O)n1cc(-c2ccc3nccn3n2)cn1. The Balaban J connectivity index is 1.90. The second-order valence-electron chi connectivity index (χ2n) is 4.55. The second kappa shape index (κ2) is 4.76. The van der Waals surface area contributed by atoms with Gasteiger partial charge in [-0.15, -0.1) is 0 Å². The lowest BCUT2D eigenvalue weighted by molar-refractivity contribution is 0.114. The third-order valence-corrected chi connectivity index (χ3v) is 2.66. The summed E-state index contributed by atoms with van der Waals surface area (Å²) >= 11 is 0. The molecular formula is C13H13N5O2. The third-order valence-electron chi connectivity index (χ3n) is 2.66. The number of aromatic nitrogens is 5. The number of hydrogen-bond acceptors (Lipinski definition) is 5. The molecule has 0 spiro atoms. The zero-order valence-corrected chi connectivity index (χ0v) is 11.1. The molecule has 0 radical (unpaired) electrons. The van der Waals surface area contributed by atoms with Gasteiger partial charge < -0.3 is 4.74 Å². The number of imidazole rings is 1. The van der Waals surface area contributed by atoms with Gasteiger partial charge in [-0.3, -0.25) is 0 Å². The summed E-state index contributed by atoms with van der Waals surface area (Å²) < 4.78 is 7.90. The van der Waals surface area contributed by atoms with Gasteiger partial charge in [0.15, 0.2) is 5.65 Å². The average Bonchev–Trinajstić information content (AvgIpc) is 3.06. The van der Waals surface area contributed by atoms with E-state index in [9.17, 15) is 4.79 Å². The summed E-state index contributed by atoms with van der Waals surface area (Å²) in [5.41, 5.74) is 2.21. The predicted octanol–water partition coefficient (Wildman–Crippen LogP) is 1.99. The summed E-state index contributed by atoms with van der Waals surface area (Å²) in [5.74, 6) is 0. The quantitative estimate of drug-likeness (QED) is 0.712. The normalized spacial score (nSPS) is 11.2. The zero-order chi connectivity index (χ0) is 14.1. The van der Waals surface area contributed by atoms with Gasteiger partial charge in [-0.25, -0.2) is 14.3 Å². The summed E-state index contributed by atoms with van der Waals surface area (Å²) in [4.78, 5) is 15.8. The molecule has 0 amide bonds. The molecule has 7 heteroatoms. The molecule has 0 fully saturated rings. The van der Waals surface area contributed by atoms with E-state index in [-0.39, 0.29) is 6.10 Å². The van der Waals surface area contributed by atoms with Crippen LogP contribution in [0.3, 0.4) is 0 Å². The minimum absolute atomic E-state index is 0.185. The monoisotopic (exact) mass is 271 g/mol. The Hall–Kier alpha value is -2.70. The fourth-order valence-electron chi connectivity index (χ4n) is 1.78. The van der Waals surface area contributed by atoms with Crippen LogP contribution in [0.15, 0.2) is 36.9 Å². The molecule has 0 bridgehead atoms. The van der Waals surface area contributed by atoms with Gasteiger partial charge in [0.1, 0.15) is 0 Å². The minimum atomic E-state index is -0.505. The van der Waals surface area contributed by atoms with Crippen molar-refractivity contribution in [2.75, 3.05) is 0 Å². The smallest absolute Gasteiger partial charge is 0.434 e. The van der Waals surface area contributed by atoms with Crippen molar-refractivity contribution in [3.63, 3.8) is 0 Å². The number of carbonyl (C=O) groups excluding carboxylic acids is 1. The van der Waals surface area contributed by atoms with Crippen molar-refractivity contribution in [3.8, 4) is 11.3 Å². The van der Waals surface area contributed by atoms with Crippen LogP contribution < -0.4 is 0 Å². The number of hydrogen-bond donors (Lipinski definition) is 0. The maximum atomic E-state index is 11.7. The topological polar surface area (TPSA) is 74.3 Å². The Kier molecular flexibility index (Phi) is 2.94. The first kappa shape index (κ1) is 12.3. The van der Waals surface area contributed by atoms with Crippen molar-refractivity contribution < 1.29 is 9.53 Å². The third kappa shape index (κ3) is 2.25. The molecule has 3 rings (SSSR count). The van der Waals surface area contributed by atoms with Crippen molar-refractivity contribution in [3.05, 3.63) is 36.9 Å². The van der Waals surface area contributed by atoms with E-state index in [0.29, 0.717) is 5.69 Å². The molecule has 0 atom stereocenters. The summed E-state index contributed by atoms with van der Waals surface area (Å²) in [5, 5.41) is 8.38. The summed E-state index contributed by atoms with van der Waals surface area (Å²) in [7, 11) is 0. The van der Waals surface area contributed by atoms with E-state index in [2.05, 4.69) is 15.2 Å². The maximum Gasteiger partial charge on any atom is 0.434 e. The molecule has 0 saturated heterocycles. The zero-order valence-electron chi connectivity index (χ0n) is 11.1. The minimum Gasteiger partial charge on any atom is -0.445 e. The van der Waals surface area contributed by atoms with Gasteiger partial charge in [-0.05, 0) is 26.0 Å². The van der Waals surface area contributed by atoms with Crippen LogP contribution in [-0.2, 0) is 4.74 Å². The molecule has 20 heavy (non-hydrogen) atoms. The molecule has 0 saturated carbocycles. The first-order valence-corrected chi connectivity index (χ1v) is 6.20. The lowest BCUT2D eigenvalue weighted by atomic mass is 10.2. The Morgan fingerprint density at radius 2 is 2.20 bits per heavy atom. The molecule has 0 aliphatic heterocycles. The van der Waals surface area contributed by atoms with Crippen molar-refractivity contribution in [2.45, 2.75) is 20.0 Å². The van der Waals surface area contributed by atoms with Crippen LogP contribution in [-0.4, -0.2) is 36.6 Å². The van der Waals surface area contributed by atoms with E-state index >= 15 is 0 Å². The van der Waals surface area contributed by atoms with Crippen LogP contribution >= 0.6 is 0 Å². The van der Waals surface area contributed by atoms with Gasteiger partial charge >= 0.3 is 6.09 Å². The Bertz CT molecular complexity index is 759. The molecule has 7 nitrogen and oxygen atoms in total. The van der Waals surface area contributed by atoms with Crippen LogP contribution in [0.5, 0.6) is 0 Å². The Morgan fingerprint density at radius 1 is 1.35 bits per heavy atom.